The van der Waals surface area contributed by atoms with E-state index in [-0.39, 0.29) is 6.54 Å². The molecule has 0 radical (unpaired) electrons. The zero-order chi connectivity index (χ0) is 24.3. The number of ether oxygens (including phenoxy) is 2. The van der Waals surface area contributed by atoms with Gasteiger partial charge in [-0.3, -0.25) is 9.88 Å². The summed E-state index contributed by atoms with van der Waals surface area (Å²) >= 11 is 0. The van der Waals surface area contributed by atoms with Crippen molar-refractivity contribution >= 4 is 11.8 Å². The van der Waals surface area contributed by atoms with Crippen molar-refractivity contribution in [1.82, 2.24) is 4.98 Å². The fourth-order valence-corrected chi connectivity index (χ4v) is 3.93. The van der Waals surface area contributed by atoms with Gasteiger partial charge in [0, 0.05) is 23.0 Å². The van der Waals surface area contributed by atoms with Crippen LogP contribution in [-0.2, 0) is 11.3 Å². The lowest BCUT2D eigenvalue weighted by molar-refractivity contribution is 0.0577. The normalized spacial score (nSPS) is 11.3. The van der Waals surface area contributed by atoms with Crippen molar-refractivity contribution in [2.24, 2.45) is 0 Å². The molecule has 0 N–H and O–H groups in total. The standard InChI is InChI=1S/C28H34N2O3/c1-18-13-22(24-12-10-9-11-19(24)2)15-23(14-18)30(27(31)33-28(5,6)7)17-25-21(4)26(32-8)20(3)16-29-25/h9-16H,17H2,1-8H3. The summed E-state index contributed by atoms with van der Waals surface area (Å²) in [7, 11) is 1.65. The second kappa shape index (κ2) is 9.65. The first-order valence-electron chi connectivity index (χ1n) is 11.2. The number of carbonyl (C=O) groups excluding carboxylic acids is 1. The van der Waals surface area contributed by atoms with E-state index in [2.05, 4.69) is 30.1 Å². The lowest BCUT2D eigenvalue weighted by Gasteiger charge is -2.28. The maximum Gasteiger partial charge on any atom is 0.415 e. The third kappa shape index (κ3) is 5.72. The van der Waals surface area contributed by atoms with E-state index in [4.69, 9.17) is 9.47 Å². The summed E-state index contributed by atoms with van der Waals surface area (Å²) in [6, 6.07) is 14.4. The summed E-state index contributed by atoms with van der Waals surface area (Å²) in [5.74, 6) is 0.786. The molecule has 0 spiro atoms. The number of nitrogens with zero attached hydrogens (tertiary/aromatic N) is 2. The highest BCUT2D eigenvalue weighted by atomic mass is 16.6. The molecule has 5 heteroatoms. The molecule has 0 saturated carbocycles. The van der Waals surface area contributed by atoms with E-state index >= 15 is 0 Å². The fourth-order valence-electron chi connectivity index (χ4n) is 3.93. The van der Waals surface area contributed by atoms with Crippen molar-refractivity contribution in [3.63, 3.8) is 0 Å². The van der Waals surface area contributed by atoms with Crippen LogP contribution >= 0.6 is 0 Å². The van der Waals surface area contributed by atoms with Gasteiger partial charge < -0.3 is 9.47 Å². The second-order valence-electron chi connectivity index (χ2n) is 9.48. The molecule has 0 bridgehead atoms. The van der Waals surface area contributed by atoms with Gasteiger partial charge in [0.15, 0.2) is 0 Å². The molecular weight excluding hydrogens is 412 g/mol. The van der Waals surface area contributed by atoms with Crippen molar-refractivity contribution in [2.45, 2.75) is 60.6 Å². The Labute approximate surface area is 197 Å². The van der Waals surface area contributed by atoms with Crippen LogP contribution in [0.15, 0.2) is 48.7 Å². The molecule has 0 aliphatic rings. The van der Waals surface area contributed by atoms with Crippen LogP contribution in [0.5, 0.6) is 5.75 Å². The van der Waals surface area contributed by atoms with Crippen LogP contribution in [0.4, 0.5) is 10.5 Å². The van der Waals surface area contributed by atoms with Crippen LogP contribution in [0.1, 0.15) is 48.7 Å². The van der Waals surface area contributed by atoms with Crippen molar-refractivity contribution in [2.75, 3.05) is 12.0 Å². The molecule has 0 unspecified atom stereocenters. The van der Waals surface area contributed by atoms with Gasteiger partial charge in [-0.15, -0.1) is 0 Å². The van der Waals surface area contributed by atoms with Crippen LogP contribution in [0.25, 0.3) is 11.1 Å². The van der Waals surface area contributed by atoms with E-state index in [1.165, 1.54) is 5.56 Å². The minimum atomic E-state index is -0.620. The number of aryl methyl sites for hydroxylation is 3. The Morgan fingerprint density at radius 1 is 1.00 bits per heavy atom. The second-order valence-corrected chi connectivity index (χ2v) is 9.48. The summed E-state index contributed by atoms with van der Waals surface area (Å²) in [5, 5.41) is 0. The van der Waals surface area contributed by atoms with Crippen LogP contribution in [0.2, 0.25) is 0 Å². The van der Waals surface area contributed by atoms with Gasteiger partial charge in [0.2, 0.25) is 0 Å². The van der Waals surface area contributed by atoms with E-state index in [1.54, 1.807) is 18.2 Å². The average molecular weight is 447 g/mol. The van der Waals surface area contributed by atoms with Crippen LogP contribution in [0, 0.1) is 27.7 Å². The van der Waals surface area contributed by atoms with Crippen LogP contribution < -0.4 is 9.64 Å². The zero-order valence-corrected chi connectivity index (χ0v) is 20.9. The van der Waals surface area contributed by atoms with E-state index in [0.29, 0.717) is 0 Å². The molecule has 1 amide bonds. The van der Waals surface area contributed by atoms with Gasteiger partial charge in [0.05, 0.1) is 19.3 Å². The summed E-state index contributed by atoms with van der Waals surface area (Å²) < 4.78 is 11.4. The number of aromatic nitrogens is 1. The summed E-state index contributed by atoms with van der Waals surface area (Å²) in [6.07, 6.45) is 1.37. The Kier molecular flexibility index (Phi) is 7.11. The molecule has 0 aliphatic carbocycles. The SMILES string of the molecule is COc1c(C)cnc(CN(C(=O)OC(C)(C)C)c2cc(C)cc(-c3ccccc3C)c2)c1C. The van der Waals surface area contributed by atoms with Gasteiger partial charge in [-0.2, -0.15) is 0 Å². The van der Waals surface area contributed by atoms with Gasteiger partial charge in [-0.05, 0) is 82.9 Å². The number of pyridine rings is 1. The molecule has 0 aliphatic heterocycles. The molecule has 1 heterocycles. The quantitative estimate of drug-likeness (QED) is 0.426. The summed E-state index contributed by atoms with van der Waals surface area (Å²) in [6.45, 7) is 13.9. The molecule has 0 fully saturated rings. The number of benzene rings is 2. The largest absolute Gasteiger partial charge is 0.496 e. The van der Waals surface area contributed by atoms with Gasteiger partial charge in [-0.1, -0.05) is 30.3 Å². The molecule has 1 aromatic heterocycles. The molecular formula is C28H34N2O3. The van der Waals surface area contributed by atoms with Crippen LogP contribution in [-0.4, -0.2) is 23.8 Å². The predicted octanol–water partition coefficient (Wildman–Crippen LogP) is 6.93. The third-order valence-corrected chi connectivity index (χ3v) is 5.50. The monoisotopic (exact) mass is 446 g/mol. The molecule has 5 nitrogen and oxygen atoms in total. The van der Waals surface area contributed by atoms with Gasteiger partial charge in [0.1, 0.15) is 11.4 Å². The number of anilines is 1. The Balaban J connectivity index is 2.11. The Morgan fingerprint density at radius 3 is 2.33 bits per heavy atom. The molecule has 0 saturated heterocycles. The predicted molar refractivity (Wildman–Crippen MR) is 134 cm³/mol. The first kappa shape index (κ1) is 24.3. The van der Waals surface area contributed by atoms with E-state index in [0.717, 1.165) is 44.9 Å². The van der Waals surface area contributed by atoms with Gasteiger partial charge in [-0.25, -0.2) is 4.79 Å². The zero-order valence-electron chi connectivity index (χ0n) is 20.9. The number of hydrogen-bond acceptors (Lipinski definition) is 4. The van der Waals surface area contributed by atoms with Crippen molar-refractivity contribution in [1.29, 1.82) is 0 Å². The van der Waals surface area contributed by atoms with Crippen molar-refractivity contribution in [3.8, 4) is 16.9 Å². The number of amides is 1. The highest BCUT2D eigenvalue weighted by Gasteiger charge is 2.26. The average Bonchev–Trinajstić information content (AvgIpc) is 2.72. The van der Waals surface area contributed by atoms with Gasteiger partial charge in [0.25, 0.3) is 0 Å². The van der Waals surface area contributed by atoms with E-state index in [1.807, 2.05) is 65.8 Å². The Hall–Kier alpha value is -3.34. The molecule has 3 aromatic rings. The highest BCUT2D eigenvalue weighted by Crippen LogP contribution is 2.32. The highest BCUT2D eigenvalue weighted by molar-refractivity contribution is 5.89. The van der Waals surface area contributed by atoms with E-state index < -0.39 is 11.7 Å². The molecule has 2 aromatic carbocycles. The summed E-state index contributed by atoms with van der Waals surface area (Å²) in [5.41, 5.74) is 7.22. The minimum absolute atomic E-state index is 0.272. The molecule has 0 atom stereocenters. The Bertz CT molecular complexity index is 1160. The number of hydrogen-bond donors (Lipinski definition) is 0. The van der Waals surface area contributed by atoms with Crippen LogP contribution in [0.3, 0.4) is 0 Å². The maximum absolute atomic E-state index is 13.4. The van der Waals surface area contributed by atoms with Crippen molar-refractivity contribution < 1.29 is 14.3 Å². The maximum atomic E-state index is 13.4. The topological polar surface area (TPSA) is 51.7 Å². The lowest BCUT2D eigenvalue weighted by Crippen LogP contribution is -2.37. The van der Waals surface area contributed by atoms with E-state index in [9.17, 15) is 4.79 Å². The molecule has 174 valence electrons. The lowest BCUT2D eigenvalue weighted by atomic mass is 9.98. The van der Waals surface area contributed by atoms with Crippen molar-refractivity contribution in [3.05, 3.63) is 76.6 Å². The summed E-state index contributed by atoms with van der Waals surface area (Å²) in [4.78, 5) is 19.6. The molecule has 33 heavy (non-hydrogen) atoms. The smallest absolute Gasteiger partial charge is 0.415 e. The van der Waals surface area contributed by atoms with Gasteiger partial charge >= 0.3 is 6.09 Å². The first-order chi connectivity index (χ1) is 15.5. The third-order valence-electron chi connectivity index (χ3n) is 5.50. The fraction of sp³-hybridized carbons (Fsp3) is 0.357. The Morgan fingerprint density at radius 2 is 1.70 bits per heavy atom. The molecule has 3 rings (SSSR count). The minimum Gasteiger partial charge on any atom is -0.496 e. The number of methoxy groups -OCH3 is 1. The first-order valence-corrected chi connectivity index (χ1v) is 11.2. The number of rotatable bonds is 5. The number of carbonyl (C=O) groups is 1.